The average molecular weight is 429 g/mol. The van der Waals surface area contributed by atoms with Gasteiger partial charge in [0.2, 0.25) is 21.8 Å². The van der Waals surface area contributed by atoms with E-state index < -0.39 is 21.6 Å². The summed E-state index contributed by atoms with van der Waals surface area (Å²) in [4.78, 5) is 24.6. The Labute approximate surface area is 170 Å². The summed E-state index contributed by atoms with van der Waals surface area (Å²) in [5.74, 6) is -1.04. The van der Waals surface area contributed by atoms with Gasteiger partial charge in [-0.1, -0.05) is 25.1 Å². The molecule has 0 bridgehead atoms. The number of hydrogen-bond acceptors (Lipinski definition) is 5. The standard InChI is InChI=1S/C19H29FN4O4S/c1-2-11-29(27,28)23-10-9-22-18(26)19(7-8-19)24-17(25)13-15(21)12-14-5-3-4-6-16(14)20/h3-6,15,23H,2,7-13,21H2,1H3,(H,22,26)(H,24,25)/t15-/m1/s1. The Morgan fingerprint density at radius 1 is 1.24 bits per heavy atom. The predicted octanol–water partition coefficient (Wildman–Crippen LogP) is 0.180. The van der Waals surface area contributed by atoms with Crippen molar-refractivity contribution in [3.05, 3.63) is 35.6 Å². The topological polar surface area (TPSA) is 130 Å². The van der Waals surface area contributed by atoms with Crippen LogP contribution in [0.15, 0.2) is 24.3 Å². The fourth-order valence-corrected chi connectivity index (χ4v) is 4.10. The maximum Gasteiger partial charge on any atom is 0.245 e. The van der Waals surface area contributed by atoms with Crippen LogP contribution in [0, 0.1) is 5.82 Å². The third-order valence-electron chi connectivity index (χ3n) is 4.66. The van der Waals surface area contributed by atoms with Crippen LogP contribution in [0.1, 0.15) is 38.2 Å². The molecule has 10 heteroatoms. The molecule has 1 fully saturated rings. The molecule has 8 nitrogen and oxygen atoms in total. The summed E-state index contributed by atoms with van der Waals surface area (Å²) in [5.41, 5.74) is 5.44. The van der Waals surface area contributed by atoms with Crippen LogP contribution in [0.3, 0.4) is 0 Å². The molecular formula is C19H29FN4O4S. The van der Waals surface area contributed by atoms with Gasteiger partial charge in [-0.25, -0.2) is 17.5 Å². The van der Waals surface area contributed by atoms with Gasteiger partial charge in [-0.3, -0.25) is 9.59 Å². The van der Waals surface area contributed by atoms with E-state index in [0.29, 0.717) is 24.8 Å². The van der Waals surface area contributed by atoms with Crippen LogP contribution in [-0.2, 0) is 26.0 Å². The molecule has 162 valence electrons. The van der Waals surface area contributed by atoms with E-state index in [1.165, 1.54) is 6.07 Å². The molecule has 1 atom stereocenters. The van der Waals surface area contributed by atoms with Crippen molar-refractivity contribution >= 4 is 21.8 Å². The van der Waals surface area contributed by atoms with Gasteiger partial charge in [0.1, 0.15) is 11.4 Å². The number of carbonyl (C=O) groups is 2. The molecule has 5 N–H and O–H groups in total. The minimum atomic E-state index is -3.32. The molecule has 0 heterocycles. The second kappa shape index (κ2) is 10.1. The van der Waals surface area contributed by atoms with E-state index in [4.69, 9.17) is 5.73 Å². The molecular weight excluding hydrogens is 399 g/mol. The van der Waals surface area contributed by atoms with Gasteiger partial charge in [-0.2, -0.15) is 0 Å². The first-order valence-electron chi connectivity index (χ1n) is 9.73. The Hall–Kier alpha value is -2.04. The first kappa shape index (κ1) is 23.2. The van der Waals surface area contributed by atoms with Gasteiger partial charge in [0.05, 0.1) is 5.75 Å². The number of hydrogen-bond donors (Lipinski definition) is 4. The maximum absolute atomic E-state index is 13.7. The SMILES string of the molecule is CCCS(=O)(=O)NCCNC(=O)C1(NC(=O)C[C@H](N)Cc2ccccc2F)CC1. The predicted molar refractivity (Wildman–Crippen MR) is 108 cm³/mol. The molecule has 1 saturated carbocycles. The lowest BCUT2D eigenvalue weighted by molar-refractivity contribution is -0.130. The van der Waals surface area contributed by atoms with Crippen LogP contribution < -0.4 is 21.1 Å². The van der Waals surface area contributed by atoms with Crippen molar-refractivity contribution in [3.63, 3.8) is 0 Å². The molecule has 1 aromatic rings. The number of halogens is 1. The zero-order valence-electron chi connectivity index (χ0n) is 16.5. The first-order valence-corrected chi connectivity index (χ1v) is 11.4. The largest absolute Gasteiger partial charge is 0.353 e. The number of amides is 2. The fraction of sp³-hybridized carbons (Fsp3) is 0.579. The lowest BCUT2D eigenvalue weighted by atomic mass is 10.0. The molecule has 0 saturated heterocycles. The smallest absolute Gasteiger partial charge is 0.245 e. The highest BCUT2D eigenvalue weighted by molar-refractivity contribution is 7.89. The minimum Gasteiger partial charge on any atom is -0.353 e. The van der Waals surface area contributed by atoms with Gasteiger partial charge >= 0.3 is 0 Å². The summed E-state index contributed by atoms with van der Waals surface area (Å²) >= 11 is 0. The Bertz CT molecular complexity index is 827. The molecule has 29 heavy (non-hydrogen) atoms. The summed E-state index contributed by atoms with van der Waals surface area (Å²) in [6, 6.07) is 5.68. The van der Waals surface area contributed by atoms with E-state index in [2.05, 4.69) is 15.4 Å². The van der Waals surface area contributed by atoms with Crippen molar-refractivity contribution in [1.29, 1.82) is 0 Å². The molecule has 0 unspecified atom stereocenters. The van der Waals surface area contributed by atoms with Crippen molar-refractivity contribution in [1.82, 2.24) is 15.4 Å². The summed E-state index contributed by atoms with van der Waals surface area (Å²) in [5, 5.41) is 5.36. The minimum absolute atomic E-state index is 0.0276. The van der Waals surface area contributed by atoms with Gasteiger partial charge < -0.3 is 16.4 Å². The van der Waals surface area contributed by atoms with Crippen molar-refractivity contribution in [2.75, 3.05) is 18.8 Å². The highest BCUT2D eigenvalue weighted by Gasteiger charge is 2.50. The van der Waals surface area contributed by atoms with Crippen LogP contribution in [0.5, 0.6) is 0 Å². The maximum atomic E-state index is 13.7. The molecule has 1 aliphatic carbocycles. The summed E-state index contributed by atoms with van der Waals surface area (Å²) < 4.78 is 39.2. The van der Waals surface area contributed by atoms with E-state index >= 15 is 0 Å². The van der Waals surface area contributed by atoms with Gasteiger partial charge in [-0.05, 0) is 37.3 Å². The highest BCUT2D eigenvalue weighted by atomic mass is 32.2. The van der Waals surface area contributed by atoms with Gasteiger partial charge in [0.25, 0.3) is 0 Å². The monoisotopic (exact) mass is 428 g/mol. The lowest BCUT2D eigenvalue weighted by Crippen LogP contribution is -2.51. The normalized spacial score (nSPS) is 16.1. The van der Waals surface area contributed by atoms with E-state index in [1.54, 1.807) is 25.1 Å². The Kier molecular flexibility index (Phi) is 8.12. The number of sulfonamides is 1. The molecule has 0 spiro atoms. The number of benzene rings is 1. The Morgan fingerprint density at radius 2 is 1.93 bits per heavy atom. The average Bonchev–Trinajstić information content (AvgIpc) is 3.41. The van der Waals surface area contributed by atoms with Crippen LogP contribution in [0.25, 0.3) is 0 Å². The zero-order chi connectivity index (χ0) is 21.5. The molecule has 1 aromatic carbocycles. The zero-order valence-corrected chi connectivity index (χ0v) is 17.4. The van der Waals surface area contributed by atoms with E-state index in [9.17, 15) is 22.4 Å². The fourth-order valence-electron chi connectivity index (χ4n) is 3.00. The summed E-state index contributed by atoms with van der Waals surface area (Å²) in [6.45, 7) is 1.99. The lowest BCUT2D eigenvalue weighted by Gasteiger charge is -2.19. The number of carbonyl (C=O) groups excluding carboxylic acids is 2. The molecule has 2 amide bonds. The van der Waals surface area contributed by atoms with E-state index in [-0.39, 0.29) is 49.3 Å². The van der Waals surface area contributed by atoms with Crippen molar-refractivity contribution in [2.24, 2.45) is 5.73 Å². The number of nitrogens with two attached hydrogens (primary N) is 1. The van der Waals surface area contributed by atoms with Crippen molar-refractivity contribution < 1.29 is 22.4 Å². The Morgan fingerprint density at radius 3 is 2.55 bits per heavy atom. The Balaban J connectivity index is 1.74. The van der Waals surface area contributed by atoms with Crippen LogP contribution in [-0.4, -0.2) is 50.7 Å². The summed E-state index contributed by atoms with van der Waals surface area (Å²) in [6.07, 6.45) is 1.72. The van der Waals surface area contributed by atoms with E-state index in [1.807, 2.05) is 0 Å². The summed E-state index contributed by atoms with van der Waals surface area (Å²) in [7, 11) is -3.32. The molecule has 0 aromatic heterocycles. The molecule has 1 aliphatic rings. The van der Waals surface area contributed by atoms with E-state index in [0.717, 1.165) is 0 Å². The molecule has 0 radical (unpaired) electrons. The number of nitrogens with one attached hydrogen (secondary N) is 3. The molecule has 0 aliphatic heterocycles. The van der Waals surface area contributed by atoms with Gasteiger partial charge in [0.15, 0.2) is 0 Å². The van der Waals surface area contributed by atoms with Crippen molar-refractivity contribution in [3.8, 4) is 0 Å². The van der Waals surface area contributed by atoms with Crippen LogP contribution in [0.2, 0.25) is 0 Å². The van der Waals surface area contributed by atoms with Crippen LogP contribution >= 0.6 is 0 Å². The first-order chi connectivity index (χ1) is 13.7. The third kappa shape index (κ3) is 7.37. The molecule has 2 rings (SSSR count). The van der Waals surface area contributed by atoms with Gasteiger partial charge in [0, 0.05) is 25.6 Å². The van der Waals surface area contributed by atoms with Crippen molar-refractivity contribution in [2.45, 2.75) is 50.6 Å². The quantitative estimate of drug-likeness (QED) is 0.353. The van der Waals surface area contributed by atoms with Gasteiger partial charge in [-0.15, -0.1) is 0 Å². The highest BCUT2D eigenvalue weighted by Crippen LogP contribution is 2.35. The van der Waals surface area contributed by atoms with Crippen LogP contribution in [0.4, 0.5) is 4.39 Å². The second-order valence-electron chi connectivity index (χ2n) is 7.36. The third-order valence-corrected chi connectivity index (χ3v) is 6.25. The number of rotatable bonds is 12. The second-order valence-corrected chi connectivity index (χ2v) is 9.29.